The van der Waals surface area contributed by atoms with Crippen LogP contribution in [-0.4, -0.2) is 15.8 Å². The molecule has 3 nitrogen and oxygen atoms in total. The van der Waals surface area contributed by atoms with Crippen molar-refractivity contribution in [3.8, 4) is 0 Å². The van der Waals surface area contributed by atoms with E-state index >= 15 is 0 Å². The number of hydrogen-bond acceptors (Lipinski definition) is 2. The van der Waals surface area contributed by atoms with E-state index in [2.05, 4.69) is 5.10 Å². The Bertz CT molecular complexity index is 476. The van der Waals surface area contributed by atoms with E-state index in [0.29, 0.717) is 0 Å². The van der Waals surface area contributed by atoms with Crippen LogP contribution in [-0.2, 0) is 19.9 Å². The highest BCUT2D eigenvalue weighted by Gasteiger charge is 2.07. The van der Waals surface area contributed by atoms with Crippen molar-refractivity contribution in [1.29, 1.82) is 0 Å². The van der Waals surface area contributed by atoms with E-state index in [0.717, 1.165) is 24.0 Å². The molecule has 1 aromatic carbocycles. The van der Waals surface area contributed by atoms with Crippen molar-refractivity contribution in [2.24, 2.45) is 12.8 Å². The normalized spacial score (nSPS) is 12.6. The summed E-state index contributed by atoms with van der Waals surface area (Å²) in [5, 5.41) is 4.10. The SMILES string of the molecule is Cn1cc(CC(N)Cc2ccc(F)cc2)cn1. The molecule has 0 aliphatic heterocycles. The molecule has 0 saturated carbocycles. The molecule has 0 fully saturated rings. The molecule has 0 bridgehead atoms. The van der Waals surface area contributed by atoms with Gasteiger partial charge in [-0.05, 0) is 36.1 Å². The summed E-state index contributed by atoms with van der Waals surface area (Å²) in [5.74, 6) is -0.213. The lowest BCUT2D eigenvalue weighted by Crippen LogP contribution is -2.25. The molecule has 0 saturated heterocycles. The Balaban J connectivity index is 1.93. The first kappa shape index (κ1) is 11.8. The van der Waals surface area contributed by atoms with Gasteiger partial charge in [-0.2, -0.15) is 5.10 Å². The summed E-state index contributed by atoms with van der Waals surface area (Å²) in [6.07, 6.45) is 5.31. The third kappa shape index (κ3) is 3.39. The fourth-order valence-corrected chi connectivity index (χ4v) is 1.88. The van der Waals surface area contributed by atoms with E-state index < -0.39 is 0 Å². The average Bonchev–Trinajstić information content (AvgIpc) is 2.67. The quantitative estimate of drug-likeness (QED) is 0.873. The molecule has 0 radical (unpaired) electrons. The van der Waals surface area contributed by atoms with Gasteiger partial charge in [0.2, 0.25) is 0 Å². The topological polar surface area (TPSA) is 43.8 Å². The van der Waals surface area contributed by atoms with E-state index in [1.54, 1.807) is 16.8 Å². The number of benzene rings is 1. The highest BCUT2D eigenvalue weighted by molar-refractivity contribution is 5.18. The fraction of sp³-hybridized carbons (Fsp3) is 0.308. The Morgan fingerprint density at radius 2 is 1.88 bits per heavy atom. The van der Waals surface area contributed by atoms with Gasteiger partial charge in [0.1, 0.15) is 5.82 Å². The smallest absolute Gasteiger partial charge is 0.123 e. The molecular weight excluding hydrogens is 217 g/mol. The second-order valence-electron chi connectivity index (χ2n) is 4.32. The summed E-state index contributed by atoms with van der Waals surface area (Å²) in [5.41, 5.74) is 8.24. The van der Waals surface area contributed by atoms with Gasteiger partial charge in [-0.1, -0.05) is 12.1 Å². The van der Waals surface area contributed by atoms with Crippen molar-refractivity contribution in [1.82, 2.24) is 9.78 Å². The third-order valence-electron chi connectivity index (χ3n) is 2.67. The molecule has 90 valence electrons. The van der Waals surface area contributed by atoms with Gasteiger partial charge in [0, 0.05) is 19.3 Å². The molecular formula is C13H16FN3. The van der Waals surface area contributed by atoms with Crippen molar-refractivity contribution in [3.05, 3.63) is 53.6 Å². The number of halogens is 1. The molecule has 0 aliphatic rings. The standard InChI is InChI=1S/C13H16FN3/c1-17-9-11(8-16-17)7-13(15)6-10-2-4-12(14)5-3-10/h2-5,8-9,13H,6-7,15H2,1H3. The first-order valence-corrected chi connectivity index (χ1v) is 5.61. The maximum absolute atomic E-state index is 12.7. The molecule has 0 spiro atoms. The molecule has 0 aliphatic carbocycles. The number of nitrogens with zero attached hydrogens (tertiary/aromatic N) is 2. The maximum Gasteiger partial charge on any atom is 0.123 e. The highest BCUT2D eigenvalue weighted by atomic mass is 19.1. The predicted octanol–water partition coefficient (Wildman–Crippen LogP) is 1.67. The Morgan fingerprint density at radius 1 is 1.24 bits per heavy atom. The number of aromatic nitrogens is 2. The van der Waals surface area contributed by atoms with Crippen LogP contribution in [0, 0.1) is 5.82 Å². The zero-order chi connectivity index (χ0) is 12.3. The van der Waals surface area contributed by atoms with Crippen LogP contribution >= 0.6 is 0 Å². The molecule has 1 atom stereocenters. The van der Waals surface area contributed by atoms with Crippen LogP contribution in [0.25, 0.3) is 0 Å². The van der Waals surface area contributed by atoms with E-state index in [1.165, 1.54) is 12.1 Å². The molecule has 2 aromatic rings. The number of rotatable bonds is 4. The zero-order valence-electron chi connectivity index (χ0n) is 9.81. The van der Waals surface area contributed by atoms with Crippen LogP contribution in [0.15, 0.2) is 36.7 Å². The maximum atomic E-state index is 12.7. The van der Waals surface area contributed by atoms with Gasteiger partial charge in [0.05, 0.1) is 6.20 Å². The van der Waals surface area contributed by atoms with E-state index in [9.17, 15) is 4.39 Å². The average molecular weight is 233 g/mol. The van der Waals surface area contributed by atoms with Crippen LogP contribution < -0.4 is 5.73 Å². The summed E-state index contributed by atoms with van der Waals surface area (Å²) < 4.78 is 14.5. The number of nitrogens with two attached hydrogens (primary N) is 1. The van der Waals surface area contributed by atoms with Crippen molar-refractivity contribution >= 4 is 0 Å². The highest BCUT2D eigenvalue weighted by Crippen LogP contribution is 2.08. The van der Waals surface area contributed by atoms with Gasteiger partial charge in [0.25, 0.3) is 0 Å². The van der Waals surface area contributed by atoms with Crippen molar-refractivity contribution < 1.29 is 4.39 Å². The van der Waals surface area contributed by atoms with Crippen molar-refractivity contribution in [3.63, 3.8) is 0 Å². The Morgan fingerprint density at radius 3 is 2.47 bits per heavy atom. The van der Waals surface area contributed by atoms with Gasteiger partial charge >= 0.3 is 0 Å². The van der Waals surface area contributed by atoms with Crippen LogP contribution in [0.1, 0.15) is 11.1 Å². The lowest BCUT2D eigenvalue weighted by atomic mass is 10.0. The monoisotopic (exact) mass is 233 g/mol. The Labute approximate surface area is 100 Å². The van der Waals surface area contributed by atoms with Gasteiger partial charge in [-0.15, -0.1) is 0 Å². The van der Waals surface area contributed by atoms with Crippen LogP contribution in [0.2, 0.25) is 0 Å². The summed E-state index contributed by atoms with van der Waals surface area (Å²) in [6, 6.07) is 6.51. The minimum atomic E-state index is -0.213. The Hall–Kier alpha value is -1.68. The number of hydrogen-bond donors (Lipinski definition) is 1. The fourth-order valence-electron chi connectivity index (χ4n) is 1.88. The molecule has 1 unspecified atom stereocenters. The van der Waals surface area contributed by atoms with Crippen molar-refractivity contribution in [2.45, 2.75) is 18.9 Å². The summed E-state index contributed by atoms with van der Waals surface area (Å²) in [7, 11) is 1.88. The first-order valence-electron chi connectivity index (χ1n) is 5.61. The van der Waals surface area contributed by atoms with Gasteiger partial charge < -0.3 is 5.73 Å². The van der Waals surface area contributed by atoms with Crippen molar-refractivity contribution in [2.75, 3.05) is 0 Å². The van der Waals surface area contributed by atoms with Gasteiger partial charge in [-0.3, -0.25) is 4.68 Å². The molecule has 2 N–H and O–H groups in total. The lowest BCUT2D eigenvalue weighted by Gasteiger charge is -2.10. The third-order valence-corrected chi connectivity index (χ3v) is 2.67. The summed E-state index contributed by atoms with van der Waals surface area (Å²) in [6.45, 7) is 0. The van der Waals surface area contributed by atoms with Crippen LogP contribution in [0.3, 0.4) is 0 Å². The van der Waals surface area contributed by atoms with Gasteiger partial charge in [-0.25, -0.2) is 4.39 Å². The molecule has 2 rings (SSSR count). The number of aryl methyl sites for hydroxylation is 1. The Kier molecular flexibility index (Phi) is 3.54. The molecule has 17 heavy (non-hydrogen) atoms. The minimum Gasteiger partial charge on any atom is -0.327 e. The largest absolute Gasteiger partial charge is 0.327 e. The summed E-state index contributed by atoms with van der Waals surface area (Å²) >= 11 is 0. The summed E-state index contributed by atoms with van der Waals surface area (Å²) in [4.78, 5) is 0. The molecule has 1 aromatic heterocycles. The minimum absolute atomic E-state index is 0.0321. The predicted molar refractivity (Wildman–Crippen MR) is 65.0 cm³/mol. The van der Waals surface area contributed by atoms with Gasteiger partial charge in [0.15, 0.2) is 0 Å². The van der Waals surface area contributed by atoms with E-state index in [4.69, 9.17) is 5.73 Å². The first-order chi connectivity index (χ1) is 8.13. The van der Waals surface area contributed by atoms with Crippen LogP contribution in [0.5, 0.6) is 0 Å². The lowest BCUT2D eigenvalue weighted by molar-refractivity contribution is 0.623. The van der Waals surface area contributed by atoms with E-state index in [-0.39, 0.29) is 11.9 Å². The second kappa shape index (κ2) is 5.10. The molecule has 1 heterocycles. The molecule has 0 amide bonds. The van der Waals surface area contributed by atoms with Crippen LogP contribution in [0.4, 0.5) is 4.39 Å². The van der Waals surface area contributed by atoms with E-state index in [1.807, 2.05) is 19.4 Å². The molecule has 4 heteroatoms. The second-order valence-corrected chi connectivity index (χ2v) is 4.32. The zero-order valence-corrected chi connectivity index (χ0v) is 9.81.